The monoisotopic (exact) mass is 194 g/mol. The van der Waals surface area contributed by atoms with Crippen molar-refractivity contribution in [1.29, 1.82) is 0 Å². The number of phenols is 1. The molecule has 0 aliphatic heterocycles. The lowest BCUT2D eigenvalue weighted by molar-refractivity contribution is 0.468. The number of fused-ring (bicyclic) bond motifs is 1. The molecule has 2 rings (SSSR count). The van der Waals surface area contributed by atoms with E-state index in [9.17, 15) is 5.11 Å². The highest BCUT2D eigenvalue weighted by Gasteiger charge is 2.09. The van der Waals surface area contributed by atoms with Gasteiger partial charge in [-0.1, -0.05) is 0 Å². The van der Waals surface area contributed by atoms with Crippen molar-refractivity contribution in [3.05, 3.63) is 30.0 Å². The molecule has 0 fully saturated rings. The first-order valence-corrected chi connectivity index (χ1v) is 4.58. The van der Waals surface area contributed by atoms with Gasteiger partial charge in [0.1, 0.15) is 11.3 Å². The van der Waals surface area contributed by atoms with E-state index in [1.165, 1.54) is 0 Å². The van der Waals surface area contributed by atoms with Gasteiger partial charge in [0.05, 0.1) is 6.26 Å². The van der Waals surface area contributed by atoms with E-state index in [2.05, 4.69) is 12.6 Å². The second-order valence-corrected chi connectivity index (χ2v) is 3.82. The number of aromatic hydroxyl groups is 1. The summed E-state index contributed by atoms with van der Waals surface area (Å²) in [7, 11) is 0. The molecule has 1 aromatic heterocycles. The molecule has 1 atom stereocenters. The smallest absolute Gasteiger partial charge is 0.137 e. The summed E-state index contributed by atoms with van der Waals surface area (Å²) in [5.74, 6) is 0.241. The zero-order chi connectivity index (χ0) is 9.42. The molecule has 2 aromatic rings. The van der Waals surface area contributed by atoms with Crippen LogP contribution in [0.3, 0.4) is 0 Å². The highest BCUT2D eigenvalue weighted by Crippen LogP contribution is 2.32. The Bertz CT molecular complexity index is 431. The average molecular weight is 194 g/mol. The number of phenolic OH excluding ortho intramolecular Hbond substituents is 1. The Hall–Kier alpha value is -1.09. The van der Waals surface area contributed by atoms with Gasteiger partial charge in [-0.25, -0.2) is 0 Å². The topological polar surface area (TPSA) is 33.4 Å². The minimum atomic E-state index is 0.0271. The Balaban J connectivity index is 2.69. The summed E-state index contributed by atoms with van der Waals surface area (Å²) in [6, 6.07) is 5.39. The standard InChI is InChI=1S/C10H10O2S/c1-6(13)8-4-7-2-3-12-10(7)5-9(8)11/h2-6,11,13H,1H3. The molecule has 2 nitrogen and oxygen atoms in total. The fourth-order valence-electron chi connectivity index (χ4n) is 1.35. The van der Waals surface area contributed by atoms with E-state index in [0.29, 0.717) is 5.58 Å². The van der Waals surface area contributed by atoms with Crippen molar-refractivity contribution in [2.24, 2.45) is 0 Å². The molecule has 3 heteroatoms. The van der Waals surface area contributed by atoms with Crippen molar-refractivity contribution in [3.8, 4) is 5.75 Å². The van der Waals surface area contributed by atoms with Crippen LogP contribution in [-0.2, 0) is 0 Å². The minimum Gasteiger partial charge on any atom is -0.507 e. The molecule has 68 valence electrons. The van der Waals surface area contributed by atoms with Crippen LogP contribution in [0.5, 0.6) is 5.75 Å². The summed E-state index contributed by atoms with van der Waals surface area (Å²) in [5, 5.41) is 10.6. The molecule has 0 aliphatic carbocycles. The molecule has 0 radical (unpaired) electrons. The molecular weight excluding hydrogens is 184 g/mol. The van der Waals surface area contributed by atoms with Gasteiger partial charge in [-0.15, -0.1) is 0 Å². The maximum atomic E-state index is 9.59. The third-order valence-corrected chi connectivity index (χ3v) is 2.33. The fourth-order valence-corrected chi connectivity index (χ4v) is 1.56. The van der Waals surface area contributed by atoms with Crippen molar-refractivity contribution in [2.75, 3.05) is 0 Å². The van der Waals surface area contributed by atoms with Crippen molar-refractivity contribution in [2.45, 2.75) is 12.2 Å². The third kappa shape index (κ3) is 1.40. The van der Waals surface area contributed by atoms with Crippen LogP contribution in [0.25, 0.3) is 11.0 Å². The second kappa shape index (κ2) is 3.00. The van der Waals surface area contributed by atoms with Crippen LogP contribution in [0.2, 0.25) is 0 Å². The number of hydrogen-bond acceptors (Lipinski definition) is 3. The largest absolute Gasteiger partial charge is 0.507 e. The molecule has 0 amide bonds. The molecule has 0 saturated carbocycles. The number of thiol groups is 1. The van der Waals surface area contributed by atoms with Gasteiger partial charge in [-0.2, -0.15) is 12.6 Å². The second-order valence-electron chi connectivity index (χ2n) is 3.05. The van der Waals surface area contributed by atoms with Crippen LogP contribution in [-0.4, -0.2) is 5.11 Å². The fraction of sp³-hybridized carbons (Fsp3) is 0.200. The normalized spacial score (nSPS) is 13.4. The molecular formula is C10H10O2S. The molecule has 13 heavy (non-hydrogen) atoms. The molecule has 0 saturated heterocycles. The lowest BCUT2D eigenvalue weighted by Crippen LogP contribution is -1.84. The third-order valence-electron chi connectivity index (χ3n) is 2.05. The summed E-state index contributed by atoms with van der Waals surface area (Å²) in [4.78, 5) is 0. The zero-order valence-electron chi connectivity index (χ0n) is 7.19. The molecule has 1 N–H and O–H groups in total. The van der Waals surface area contributed by atoms with E-state index >= 15 is 0 Å². The molecule has 0 bridgehead atoms. The van der Waals surface area contributed by atoms with Gasteiger partial charge in [0.2, 0.25) is 0 Å². The van der Waals surface area contributed by atoms with Gasteiger partial charge in [0, 0.05) is 22.3 Å². The maximum Gasteiger partial charge on any atom is 0.137 e. The van der Waals surface area contributed by atoms with Gasteiger partial charge in [-0.05, 0) is 19.1 Å². The predicted octanol–water partition coefficient (Wildman–Crippen LogP) is 3.13. The number of benzene rings is 1. The number of hydrogen-bond donors (Lipinski definition) is 2. The van der Waals surface area contributed by atoms with Crippen LogP contribution in [0.15, 0.2) is 28.9 Å². The quantitative estimate of drug-likeness (QED) is 0.684. The summed E-state index contributed by atoms with van der Waals surface area (Å²) in [5.41, 5.74) is 1.53. The minimum absolute atomic E-state index is 0.0271. The number of furan rings is 1. The van der Waals surface area contributed by atoms with E-state index in [0.717, 1.165) is 10.9 Å². The molecule has 1 aromatic carbocycles. The van der Waals surface area contributed by atoms with Crippen LogP contribution in [0.4, 0.5) is 0 Å². The first kappa shape index (κ1) is 8.51. The lowest BCUT2D eigenvalue weighted by Gasteiger charge is -2.06. The lowest BCUT2D eigenvalue weighted by atomic mass is 10.1. The van der Waals surface area contributed by atoms with Crippen LogP contribution in [0.1, 0.15) is 17.7 Å². The van der Waals surface area contributed by atoms with Crippen LogP contribution < -0.4 is 0 Å². The van der Waals surface area contributed by atoms with E-state index in [1.807, 2.05) is 19.1 Å². The van der Waals surface area contributed by atoms with Crippen LogP contribution in [0, 0.1) is 0 Å². The van der Waals surface area contributed by atoms with Crippen LogP contribution >= 0.6 is 12.6 Å². The number of rotatable bonds is 1. The van der Waals surface area contributed by atoms with E-state index in [1.54, 1.807) is 12.3 Å². The van der Waals surface area contributed by atoms with Gasteiger partial charge in [0.15, 0.2) is 0 Å². The Kier molecular flexibility index (Phi) is 1.96. The Labute approximate surface area is 81.6 Å². The highest BCUT2D eigenvalue weighted by atomic mass is 32.1. The molecule has 0 aliphatic rings. The Morgan fingerprint density at radius 1 is 1.46 bits per heavy atom. The van der Waals surface area contributed by atoms with E-state index in [4.69, 9.17) is 4.42 Å². The predicted molar refractivity (Wildman–Crippen MR) is 55.3 cm³/mol. The SMILES string of the molecule is CC(S)c1cc2ccoc2cc1O. The van der Waals surface area contributed by atoms with E-state index in [-0.39, 0.29) is 11.0 Å². The van der Waals surface area contributed by atoms with Gasteiger partial charge < -0.3 is 9.52 Å². The van der Waals surface area contributed by atoms with E-state index < -0.39 is 0 Å². The van der Waals surface area contributed by atoms with Crippen molar-refractivity contribution >= 4 is 23.6 Å². The highest BCUT2D eigenvalue weighted by molar-refractivity contribution is 7.80. The Morgan fingerprint density at radius 3 is 2.92 bits per heavy atom. The van der Waals surface area contributed by atoms with Crippen molar-refractivity contribution in [1.82, 2.24) is 0 Å². The maximum absolute atomic E-state index is 9.59. The summed E-state index contributed by atoms with van der Waals surface area (Å²) in [6.45, 7) is 1.92. The average Bonchev–Trinajstić information content (AvgIpc) is 2.48. The molecule has 1 unspecified atom stereocenters. The zero-order valence-corrected chi connectivity index (χ0v) is 8.08. The molecule has 0 spiro atoms. The van der Waals surface area contributed by atoms with Crippen molar-refractivity contribution < 1.29 is 9.52 Å². The van der Waals surface area contributed by atoms with Crippen molar-refractivity contribution in [3.63, 3.8) is 0 Å². The summed E-state index contributed by atoms with van der Waals surface area (Å²) < 4.78 is 5.15. The van der Waals surface area contributed by atoms with Gasteiger partial charge in [0.25, 0.3) is 0 Å². The van der Waals surface area contributed by atoms with Gasteiger partial charge in [-0.3, -0.25) is 0 Å². The van der Waals surface area contributed by atoms with Gasteiger partial charge >= 0.3 is 0 Å². The molecule has 1 heterocycles. The Morgan fingerprint density at radius 2 is 2.23 bits per heavy atom. The first-order chi connectivity index (χ1) is 6.18. The summed E-state index contributed by atoms with van der Waals surface area (Å²) >= 11 is 4.27. The summed E-state index contributed by atoms with van der Waals surface area (Å²) in [6.07, 6.45) is 1.61. The first-order valence-electron chi connectivity index (χ1n) is 4.06.